The molecule has 9 heteroatoms. The largest absolute Gasteiger partial charge is 0.511 e. The van der Waals surface area contributed by atoms with Gasteiger partial charge in [0.25, 0.3) is 0 Å². The van der Waals surface area contributed by atoms with E-state index in [9.17, 15) is 19.5 Å². The lowest BCUT2D eigenvalue weighted by Gasteiger charge is -2.26. The third kappa shape index (κ3) is 7.26. The molecular weight excluding hydrogens is 436 g/mol. The lowest BCUT2D eigenvalue weighted by Crippen LogP contribution is -2.52. The Kier molecular flexibility index (Phi) is 8.90. The maximum atomic E-state index is 12.9. The highest BCUT2D eigenvalue weighted by Gasteiger charge is 2.36. The maximum absolute atomic E-state index is 12.9. The van der Waals surface area contributed by atoms with Crippen molar-refractivity contribution < 1.29 is 24.2 Å². The molecule has 34 heavy (non-hydrogen) atoms. The van der Waals surface area contributed by atoms with Gasteiger partial charge in [0.1, 0.15) is 24.4 Å². The predicted octanol–water partition coefficient (Wildman–Crippen LogP) is 2.84. The quantitative estimate of drug-likeness (QED) is 0.424. The molecule has 0 unspecified atom stereocenters. The van der Waals surface area contributed by atoms with Crippen LogP contribution in [0.2, 0.25) is 0 Å². The van der Waals surface area contributed by atoms with Gasteiger partial charge in [-0.25, -0.2) is 9.59 Å². The van der Waals surface area contributed by atoms with Crippen LogP contribution in [0.15, 0.2) is 73.0 Å². The van der Waals surface area contributed by atoms with Crippen LogP contribution < -0.4 is 16.0 Å². The van der Waals surface area contributed by atoms with Gasteiger partial charge in [-0.2, -0.15) is 0 Å². The number of urea groups is 1. The van der Waals surface area contributed by atoms with E-state index in [0.29, 0.717) is 25.9 Å². The number of carbonyl (C=O) groups excluding carboxylic acids is 3. The van der Waals surface area contributed by atoms with Gasteiger partial charge in [0.15, 0.2) is 0 Å². The highest BCUT2D eigenvalue weighted by atomic mass is 16.6. The fourth-order valence-electron chi connectivity index (χ4n) is 3.62. The zero-order valence-electron chi connectivity index (χ0n) is 18.9. The van der Waals surface area contributed by atoms with Crippen molar-refractivity contribution in [2.75, 3.05) is 13.1 Å². The summed E-state index contributed by atoms with van der Waals surface area (Å²) in [6, 6.07) is 16.6. The third-order valence-electron chi connectivity index (χ3n) is 5.48. The fourth-order valence-corrected chi connectivity index (χ4v) is 3.62. The van der Waals surface area contributed by atoms with E-state index in [0.717, 1.165) is 11.1 Å². The number of aliphatic hydroxyl groups is 1. The van der Waals surface area contributed by atoms with Crippen molar-refractivity contribution in [3.05, 3.63) is 84.1 Å². The van der Waals surface area contributed by atoms with Crippen LogP contribution in [0, 0.1) is 0 Å². The zero-order valence-corrected chi connectivity index (χ0v) is 18.9. The first-order valence-electron chi connectivity index (χ1n) is 11.1. The van der Waals surface area contributed by atoms with Crippen molar-refractivity contribution >= 4 is 18.0 Å². The number of likely N-dealkylation sites (tertiary alicyclic amines) is 1. The second-order valence-electron chi connectivity index (χ2n) is 7.99. The summed E-state index contributed by atoms with van der Waals surface area (Å²) in [6.07, 6.45) is 0.560. The Labute approximate surface area is 198 Å². The summed E-state index contributed by atoms with van der Waals surface area (Å²) < 4.78 is 5.36. The minimum Gasteiger partial charge on any atom is -0.511 e. The summed E-state index contributed by atoms with van der Waals surface area (Å²) >= 11 is 0. The van der Waals surface area contributed by atoms with E-state index in [1.54, 1.807) is 0 Å². The standard InChI is InChI=1S/C25H30N4O5/c1-18(30)21(16-27-24(32)26-15-19-9-4-2-5-10-19)28-23(31)22-13-8-14-29(22)25(33)34-17-20-11-6-3-7-12-20/h2-7,9-12,21-22,30H,1,8,13-17H2,(H,28,31)(H2,26,27,32)/t21-,22-/m0/s1. The van der Waals surface area contributed by atoms with Gasteiger partial charge < -0.3 is 25.8 Å². The molecule has 180 valence electrons. The Morgan fingerprint density at radius 1 is 1.03 bits per heavy atom. The average molecular weight is 467 g/mol. The second-order valence-corrected chi connectivity index (χ2v) is 7.99. The molecule has 3 rings (SSSR count). The van der Waals surface area contributed by atoms with E-state index in [-0.39, 0.29) is 18.9 Å². The van der Waals surface area contributed by atoms with Crippen LogP contribution >= 0.6 is 0 Å². The summed E-state index contributed by atoms with van der Waals surface area (Å²) in [5, 5.41) is 17.9. The van der Waals surface area contributed by atoms with Gasteiger partial charge in [-0.05, 0) is 24.0 Å². The van der Waals surface area contributed by atoms with Gasteiger partial charge in [0.05, 0.1) is 0 Å². The van der Waals surface area contributed by atoms with Crippen LogP contribution in [-0.2, 0) is 22.7 Å². The summed E-state index contributed by atoms with van der Waals surface area (Å²) in [5.41, 5.74) is 1.79. The number of hydrogen-bond donors (Lipinski definition) is 4. The van der Waals surface area contributed by atoms with Crippen molar-refractivity contribution in [2.45, 2.75) is 38.1 Å². The Hall–Kier alpha value is -4.01. The highest BCUT2D eigenvalue weighted by molar-refractivity contribution is 5.86. The molecule has 1 aliphatic rings. The second kappa shape index (κ2) is 12.3. The molecule has 9 nitrogen and oxygen atoms in total. The van der Waals surface area contributed by atoms with Gasteiger partial charge >= 0.3 is 12.1 Å². The number of carbonyl (C=O) groups is 3. The molecule has 0 bridgehead atoms. The average Bonchev–Trinajstić information content (AvgIpc) is 3.35. The Morgan fingerprint density at radius 2 is 1.68 bits per heavy atom. The molecule has 0 radical (unpaired) electrons. The number of amides is 4. The lowest BCUT2D eigenvalue weighted by molar-refractivity contribution is -0.125. The van der Waals surface area contributed by atoms with Gasteiger partial charge in [-0.1, -0.05) is 67.2 Å². The molecule has 0 aromatic heterocycles. The summed E-state index contributed by atoms with van der Waals surface area (Å²) in [5.74, 6) is -0.742. The molecule has 2 aromatic rings. The van der Waals surface area contributed by atoms with Gasteiger partial charge in [0, 0.05) is 19.6 Å². The molecule has 2 atom stereocenters. The van der Waals surface area contributed by atoms with Crippen LogP contribution in [0.5, 0.6) is 0 Å². The van der Waals surface area contributed by atoms with E-state index in [1.165, 1.54) is 4.90 Å². The Balaban J connectivity index is 1.48. The fraction of sp³-hybridized carbons (Fsp3) is 0.320. The number of rotatable bonds is 9. The minimum absolute atomic E-state index is 0.0626. The molecule has 0 spiro atoms. The van der Waals surface area contributed by atoms with Gasteiger partial charge in [0.2, 0.25) is 5.91 Å². The normalized spacial score (nSPS) is 15.8. The monoisotopic (exact) mass is 466 g/mol. The first-order chi connectivity index (χ1) is 16.4. The smallest absolute Gasteiger partial charge is 0.410 e. The number of nitrogens with one attached hydrogen (secondary N) is 3. The topological polar surface area (TPSA) is 120 Å². The number of aliphatic hydroxyl groups excluding tert-OH is 1. The molecule has 1 saturated heterocycles. The van der Waals surface area contributed by atoms with Crippen molar-refractivity contribution in [3.63, 3.8) is 0 Å². The maximum Gasteiger partial charge on any atom is 0.410 e. The summed E-state index contributed by atoms with van der Waals surface area (Å²) in [4.78, 5) is 38.9. The SMILES string of the molecule is C=C(O)[C@H](CNC(=O)NCc1ccccc1)NC(=O)[C@@H]1CCCN1C(=O)OCc1ccccc1. The van der Waals surface area contributed by atoms with Crippen molar-refractivity contribution in [1.82, 2.24) is 20.9 Å². The molecule has 1 fully saturated rings. The molecule has 4 amide bonds. The first kappa shape index (κ1) is 24.6. The van der Waals surface area contributed by atoms with Crippen molar-refractivity contribution in [3.8, 4) is 0 Å². The van der Waals surface area contributed by atoms with Crippen LogP contribution in [0.25, 0.3) is 0 Å². The van der Waals surface area contributed by atoms with E-state index < -0.39 is 30.1 Å². The molecule has 1 heterocycles. The van der Waals surface area contributed by atoms with Gasteiger partial charge in [-0.15, -0.1) is 0 Å². The van der Waals surface area contributed by atoms with Crippen LogP contribution in [0.4, 0.5) is 9.59 Å². The first-order valence-corrected chi connectivity index (χ1v) is 11.1. The molecule has 4 N–H and O–H groups in total. The molecule has 0 saturated carbocycles. The van der Waals surface area contributed by atoms with Crippen molar-refractivity contribution in [2.24, 2.45) is 0 Å². The number of benzene rings is 2. The zero-order chi connectivity index (χ0) is 24.3. The Bertz CT molecular complexity index is 983. The van der Waals surface area contributed by atoms with E-state index in [4.69, 9.17) is 4.74 Å². The molecular formula is C25H30N4O5. The lowest BCUT2D eigenvalue weighted by atomic mass is 10.1. The number of nitrogens with zero attached hydrogens (tertiary/aromatic N) is 1. The number of hydrogen-bond acceptors (Lipinski definition) is 5. The summed E-state index contributed by atoms with van der Waals surface area (Å²) in [7, 11) is 0. The van der Waals surface area contributed by atoms with Crippen LogP contribution in [-0.4, -0.2) is 53.2 Å². The van der Waals surface area contributed by atoms with E-state index >= 15 is 0 Å². The van der Waals surface area contributed by atoms with E-state index in [2.05, 4.69) is 22.5 Å². The van der Waals surface area contributed by atoms with Crippen LogP contribution in [0.1, 0.15) is 24.0 Å². The minimum atomic E-state index is -0.905. The highest BCUT2D eigenvalue weighted by Crippen LogP contribution is 2.19. The van der Waals surface area contributed by atoms with Gasteiger partial charge in [-0.3, -0.25) is 9.69 Å². The van der Waals surface area contributed by atoms with E-state index in [1.807, 2.05) is 60.7 Å². The Morgan fingerprint density at radius 3 is 2.32 bits per heavy atom. The molecule has 2 aromatic carbocycles. The molecule has 1 aliphatic heterocycles. The third-order valence-corrected chi connectivity index (χ3v) is 5.48. The van der Waals surface area contributed by atoms with Crippen molar-refractivity contribution in [1.29, 1.82) is 0 Å². The molecule has 0 aliphatic carbocycles. The van der Waals surface area contributed by atoms with Crippen LogP contribution in [0.3, 0.4) is 0 Å². The number of ether oxygens (including phenoxy) is 1. The predicted molar refractivity (Wildman–Crippen MR) is 127 cm³/mol. The summed E-state index contributed by atoms with van der Waals surface area (Å²) in [6.45, 7) is 4.28.